The van der Waals surface area contributed by atoms with Crippen molar-refractivity contribution >= 4 is 0 Å². The number of aliphatic hydroxyl groups excluding tert-OH is 1. The van der Waals surface area contributed by atoms with Crippen molar-refractivity contribution in [3.05, 3.63) is 0 Å². The van der Waals surface area contributed by atoms with Crippen molar-refractivity contribution in [3.8, 4) is 0 Å². The lowest BCUT2D eigenvalue weighted by molar-refractivity contribution is -0.275. The third kappa shape index (κ3) is 2.57. The van der Waals surface area contributed by atoms with E-state index in [1.54, 1.807) is 0 Å². The molecule has 2 aliphatic heterocycles. The molecule has 0 radical (unpaired) electrons. The van der Waals surface area contributed by atoms with Crippen molar-refractivity contribution in [2.24, 2.45) is 46.3 Å². The van der Waals surface area contributed by atoms with Gasteiger partial charge >= 0.3 is 0 Å². The number of rotatable bonds is 0. The summed E-state index contributed by atoms with van der Waals surface area (Å²) in [4.78, 5) is 0. The van der Waals surface area contributed by atoms with Crippen LogP contribution in [0.3, 0.4) is 0 Å². The lowest BCUT2D eigenvalue weighted by Crippen LogP contribution is -2.60. The minimum absolute atomic E-state index is 0.0285. The van der Waals surface area contributed by atoms with Crippen LogP contribution in [0.2, 0.25) is 0 Å². The zero-order chi connectivity index (χ0) is 21.8. The van der Waals surface area contributed by atoms with Gasteiger partial charge in [-0.1, -0.05) is 27.7 Å². The van der Waals surface area contributed by atoms with E-state index in [1.165, 1.54) is 25.7 Å². The maximum absolute atomic E-state index is 12.4. The van der Waals surface area contributed by atoms with Crippen molar-refractivity contribution < 1.29 is 19.7 Å². The van der Waals surface area contributed by atoms with E-state index in [1.807, 2.05) is 0 Å². The molecule has 4 saturated carbocycles. The van der Waals surface area contributed by atoms with Gasteiger partial charge in [-0.05, 0) is 92.8 Å². The monoisotopic (exact) mass is 432 g/mol. The molecule has 0 aromatic heterocycles. The third-order valence-electron chi connectivity index (χ3n) is 12.2. The molecule has 4 aliphatic carbocycles. The largest absolute Gasteiger partial charge is 0.393 e. The van der Waals surface area contributed by atoms with Crippen LogP contribution in [0.4, 0.5) is 0 Å². The molecular weight excluding hydrogens is 388 g/mol. The fourth-order valence-electron chi connectivity index (χ4n) is 10.2. The Bertz CT molecular complexity index is 731. The Labute approximate surface area is 188 Å². The first-order valence-corrected chi connectivity index (χ1v) is 13.4. The maximum atomic E-state index is 12.4. The molecule has 1 spiro atoms. The molecule has 6 aliphatic rings. The number of aliphatic hydroxyl groups is 2. The summed E-state index contributed by atoms with van der Waals surface area (Å²) in [6.07, 6.45) is 10.9. The Morgan fingerprint density at radius 2 is 1.68 bits per heavy atom. The first-order chi connectivity index (χ1) is 14.6. The van der Waals surface area contributed by atoms with Gasteiger partial charge in [0.25, 0.3) is 0 Å². The molecule has 0 unspecified atom stereocenters. The third-order valence-corrected chi connectivity index (χ3v) is 12.2. The Morgan fingerprint density at radius 3 is 2.42 bits per heavy atom. The first kappa shape index (κ1) is 21.4. The Balaban J connectivity index is 1.30. The summed E-state index contributed by atoms with van der Waals surface area (Å²) in [5.74, 6) is 2.72. The standard InChI is InChI=1S/C27H44O4/c1-16-7-12-26(30-15-16)17(2)27(29)23(31-26)14-22-20-6-5-18-13-19(28)8-10-24(18,3)21(20)9-11-25(22,27)4/h16-23,28-29H,5-15H2,1-4H3/t16-,17-,18+,19+,20-,21+,22+,23+,24+,25+,26-,27-/m1/s1. The van der Waals surface area contributed by atoms with E-state index < -0.39 is 11.4 Å². The molecule has 176 valence electrons. The van der Waals surface area contributed by atoms with Crippen molar-refractivity contribution in [2.75, 3.05) is 6.61 Å². The van der Waals surface area contributed by atoms with Gasteiger partial charge in [0.05, 0.1) is 18.8 Å². The molecule has 2 heterocycles. The van der Waals surface area contributed by atoms with Crippen LogP contribution in [0.1, 0.15) is 91.9 Å². The second kappa shape index (κ2) is 6.71. The second-order valence-electron chi connectivity index (χ2n) is 13.2. The molecule has 4 nitrogen and oxygen atoms in total. The summed E-state index contributed by atoms with van der Waals surface area (Å²) < 4.78 is 13.1. The van der Waals surface area contributed by atoms with Gasteiger partial charge in [0, 0.05) is 17.8 Å². The zero-order valence-corrected chi connectivity index (χ0v) is 20.1. The SMILES string of the molecule is C[C@@H]1CC[C@@]2(OC1)O[C@H]1C[C@H]3[C@@H]4CC[C@H]5C[C@@H](O)CC[C@]5(C)[C@H]4CC[C@]3(C)[C@@]1(O)[C@@H]2C. The molecule has 6 rings (SSSR count). The summed E-state index contributed by atoms with van der Waals surface area (Å²) in [7, 11) is 0. The van der Waals surface area contributed by atoms with Gasteiger partial charge in [-0.25, -0.2) is 0 Å². The van der Waals surface area contributed by atoms with Gasteiger partial charge < -0.3 is 19.7 Å². The molecule has 31 heavy (non-hydrogen) atoms. The van der Waals surface area contributed by atoms with Crippen LogP contribution in [0.25, 0.3) is 0 Å². The second-order valence-corrected chi connectivity index (χ2v) is 13.2. The molecule has 0 aromatic rings. The molecule has 0 aromatic carbocycles. The highest BCUT2D eigenvalue weighted by Crippen LogP contribution is 2.72. The van der Waals surface area contributed by atoms with Crippen molar-refractivity contribution in [1.82, 2.24) is 0 Å². The van der Waals surface area contributed by atoms with Crippen LogP contribution in [0, 0.1) is 46.3 Å². The minimum Gasteiger partial charge on any atom is -0.393 e. The summed E-state index contributed by atoms with van der Waals surface area (Å²) in [6.45, 7) is 10.2. The van der Waals surface area contributed by atoms with Crippen LogP contribution in [0.15, 0.2) is 0 Å². The van der Waals surface area contributed by atoms with Crippen molar-refractivity contribution in [1.29, 1.82) is 0 Å². The molecule has 12 atom stereocenters. The Morgan fingerprint density at radius 1 is 0.871 bits per heavy atom. The van der Waals surface area contributed by atoms with E-state index in [0.29, 0.717) is 29.1 Å². The van der Waals surface area contributed by atoms with E-state index in [4.69, 9.17) is 9.47 Å². The van der Waals surface area contributed by atoms with Crippen LogP contribution in [0.5, 0.6) is 0 Å². The fraction of sp³-hybridized carbons (Fsp3) is 1.00. The quantitative estimate of drug-likeness (QED) is 0.571. The average Bonchev–Trinajstić information content (AvgIpc) is 3.09. The first-order valence-electron chi connectivity index (χ1n) is 13.4. The number of hydrogen-bond acceptors (Lipinski definition) is 4. The van der Waals surface area contributed by atoms with E-state index in [-0.39, 0.29) is 23.5 Å². The van der Waals surface area contributed by atoms with Crippen LogP contribution in [-0.4, -0.2) is 40.4 Å². The van der Waals surface area contributed by atoms with Gasteiger partial charge in [-0.2, -0.15) is 0 Å². The van der Waals surface area contributed by atoms with Crippen molar-refractivity contribution in [2.45, 2.75) is 115 Å². The van der Waals surface area contributed by atoms with Gasteiger partial charge in [0.15, 0.2) is 5.79 Å². The van der Waals surface area contributed by atoms with Crippen LogP contribution in [-0.2, 0) is 9.47 Å². The fourth-order valence-corrected chi connectivity index (χ4v) is 10.2. The highest BCUT2D eigenvalue weighted by Gasteiger charge is 2.76. The predicted molar refractivity (Wildman–Crippen MR) is 119 cm³/mol. The molecular formula is C27H44O4. The summed E-state index contributed by atoms with van der Waals surface area (Å²) in [5, 5.41) is 22.7. The predicted octanol–water partition coefficient (Wildman–Crippen LogP) is 4.91. The lowest BCUT2D eigenvalue weighted by atomic mass is 9.44. The molecule has 2 saturated heterocycles. The van der Waals surface area contributed by atoms with Gasteiger partial charge in [0.1, 0.15) is 5.60 Å². The molecule has 0 amide bonds. The molecule has 2 N–H and O–H groups in total. The molecule has 0 bridgehead atoms. The highest BCUT2D eigenvalue weighted by atomic mass is 16.7. The van der Waals surface area contributed by atoms with E-state index in [2.05, 4.69) is 27.7 Å². The van der Waals surface area contributed by atoms with E-state index >= 15 is 0 Å². The van der Waals surface area contributed by atoms with E-state index in [0.717, 1.165) is 51.0 Å². The van der Waals surface area contributed by atoms with E-state index in [9.17, 15) is 10.2 Å². The van der Waals surface area contributed by atoms with Gasteiger partial charge in [-0.15, -0.1) is 0 Å². The summed E-state index contributed by atoms with van der Waals surface area (Å²) in [6, 6.07) is 0. The summed E-state index contributed by atoms with van der Waals surface area (Å²) in [5.41, 5.74) is -0.477. The van der Waals surface area contributed by atoms with Gasteiger partial charge in [-0.3, -0.25) is 0 Å². The average molecular weight is 433 g/mol. The maximum Gasteiger partial charge on any atom is 0.174 e. The highest BCUT2D eigenvalue weighted by molar-refractivity contribution is 5.23. The normalized spacial score (nSPS) is 63.3. The minimum atomic E-state index is -0.774. The summed E-state index contributed by atoms with van der Waals surface area (Å²) >= 11 is 0. The number of ether oxygens (including phenoxy) is 2. The Kier molecular flexibility index (Phi) is 4.62. The van der Waals surface area contributed by atoms with Crippen molar-refractivity contribution in [3.63, 3.8) is 0 Å². The number of hydrogen-bond donors (Lipinski definition) is 2. The molecule has 4 heteroatoms. The number of fused-ring (bicyclic) bond motifs is 7. The Hall–Kier alpha value is -0.160. The van der Waals surface area contributed by atoms with Crippen LogP contribution >= 0.6 is 0 Å². The zero-order valence-electron chi connectivity index (χ0n) is 20.1. The van der Waals surface area contributed by atoms with Gasteiger partial charge in [0.2, 0.25) is 0 Å². The smallest absolute Gasteiger partial charge is 0.174 e. The molecule has 6 fully saturated rings. The van der Waals surface area contributed by atoms with Crippen LogP contribution < -0.4 is 0 Å². The topological polar surface area (TPSA) is 58.9 Å². The lowest BCUT2D eigenvalue weighted by Gasteiger charge is -2.62.